The van der Waals surface area contributed by atoms with E-state index in [1.165, 1.54) is 20.0 Å². The number of nitrogens with one attached hydrogen (secondary N) is 1. The number of carboxylic acids is 1. The normalized spacial score (nSPS) is 24.9. The van der Waals surface area contributed by atoms with Gasteiger partial charge in [-0.15, -0.1) is 0 Å². The lowest BCUT2D eigenvalue weighted by Gasteiger charge is -2.24. The average molecular weight is 285 g/mol. The van der Waals surface area contributed by atoms with Gasteiger partial charge in [0, 0.05) is 26.2 Å². The Bertz CT molecular complexity index is 358. The molecule has 0 spiro atoms. The van der Waals surface area contributed by atoms with Gasteiger partial charge >= 0.3 is 12.0 Å². The third-order valence-electron chi connectivity index (χ3n) is 4.04. The Morgan fingerprint density at radius 2 is 2.05 bits per heavy atom. The summed E-state index contributed by atoms with van der Waals surface area (Å²) < 4.78 is 4.81. The van der Waals surface area contributed by atoms with Gasteiger partial charge in [0.2, 0.25) is 0 Å². The van der Waals surface area contributed by atoms with Gasteiger partial charge in [-0.25, -0.2) is 9.59 Å². The minimum absolute atomic E-state index is 0.0233. The van der Waals surface area contributed by atoms with E-state index in [-0.39, 0.29) is 12.6 Å². The summed E-state index contributed by atoms with van der Waals surface area (Å²) >= 11 is 0. The van der Waals surface area contributed by atoms with Gasteiger partial charge in [-0.2, -0.15) is 0 Å². The van der Waals surface area contributed by atoms with E-state index in [0.717, 1.165) is 19.5 Å². The van der Waals surface area contributed by atoms with Gasteiger partial charge in [-0.1, -0.05) is 0 Å². The number of aliphatic carboxylic acids is 1. The number of carbonyl (C=O) groups excluding carboxylic acids is 1. The Labute approximate surface area is 118 Å². The van der Waals surface area contributed by atoms with Crippen molar-refractivity contribution in [2.45, 2.75) is 31.3 Å². The van der Waals surface area contributed by atoms with Crippen molar-refractivity contribution in [3.8, 4) is 0 Å². The summed E-state index contributed by atoms with van der Waals surface area (Å²) in [6.45, 7) is 3.57. The van der Waals surface area contributed by atoms with E-state index in [0.29, 0.717) is 19.1 Å². The number of nitrogens with zero attached hydrogens (tertiary/aromatic N) is 2. The minimum Gasteiger partial charge on any atom is -0.480 e. The van der Waals surface area contributed by atoms with E-state index in [1.54, 1.807) is 4.90 Å². The zero-order chi connectivity index (χ0) is 14.5. The van der Waals surface area contributed by atoms with Crippen LogP contribution in [-0.4, -0.2) is 78.9 Å². The number of hydrogen-bond acceptors (Lipinski definition) is 4. The number of amides is 2. The third kappa shape index (κ3) is 3.61. The molecule has 2 saturated heterocycles. The van der Waals surface area contributed by atoms with E-state index in [2.05, 4.69) is 10.2 Å². The highest BCUT2D eigenvalue weighted by Gasteiger charge is 2.32. The molecule has 2 fully saturated rings. The summed E-state index contributed by atoms with van der Waals surface area (Å²) in [6.07, 6.45) is 3.44. The first kappa shape index (κ1) is 15.1. The molecular formula is C13H23N3O4. The molecule has 2 atom stereocenters. The van der Waals surface area contributed by atoms with Gasteiger partial charge in [0.1, 0.15) is 0 Å². The molecule has 0 saturated carbocycles. The van der Waals surface area contributed by atoms with E-state index in [9.17, 15) is 9.59 Å². The molecular weight excluding hydrogens is 262 g/mol. The van der Waals surface area contributed by atoms with Crippen molar-refractivity contribution in [3.63, 3.8) is 0 Å². The highest BCUT2D eigenvalue weighted by Crippen LogP contribution is 2.20. The van der Waals surface area contributed by atoms with Crippen LogP contribution in [0.25, 0.3) is 0 Å². The SMILES string of the molecule is COCC(NC(=O)N1CCC(N2CCCC2)C1)C(=O)O. The van der Waals surface area contributed by atoms with Crippen molar-refractivity contribution < 1.29 is 19.4 Å². The molecule has 2 heterocycles. The van der Waals surface area contributed by atoms with Crippen molar-refractivity contribution in [3.05, 3.63) is 0 Å². The zero-order valence-electron chi connectivity index (χ0n) is 11.9. The molecule has 2 N–H and O–H groups in total. The predicted molar refractivity (Wildman–Crippen MR) is 72.6 cm³/mol. The summed E-state index contributed by atoms with van der Waals surface area (Å²) in [5.41, 5.74) is 0. The van der Waals surface area contributed by atoms with Crippen LogP contribution in [0.2, 0.25) is 0 Å². The lowest BCUT2D eigenvalue weighted by molar-refractivity contribution is -0.140. The van der Waals surface area contributed by atoms with Crippen LogP contribution in [0.15, 0.2) is 0 Å². The Hall–Kier alpha value is -1.34. The van der Waals surface area contributed by atoms with Crippen molar-refractivity contribution in [2.75, 3.05) is 39.9 Å². The van der Waals surface area contributed by atoms with Crippen LogP contribution in [0.5, 0.6) is 0 Å². The smallest absolute Gasteiger partial charge is 0.328 e. The lowest BCUT2D eigenvalue weighted by atomic mass is 10.2. The predicted octanol–water partition coefficient (Wildman–Crippen LogP) is -0.0343. The van der Waals surface area contributed by atoms with E-state index in [1.807, 2.05) is 0 Å². The lowest BCUT2D eigenvalue weighted by Crippen LogP contribution is -2.49. The Balaban J connectivity index is 1.82. The molecule has 2 rings (SSSR count). The number of rotatable bonds is 5. The first-order chi connectivity index (χ1) is 9.61. The minimum atomic E-state index is -1.07. The summed E-state index contributed by atoms with van der Waals surface area (Å²) in [5.74, 6) is -1.07. The Morgan fingerprint density at radius 1 is 1.35 bits per heavy atom. The van der Waals surface area contributed by atoms with Crippen LogP contribution in [-0.2, 0) is 9.53 Å². The third-order valence-corrected chi connectivity index (χ3v) is 4.04. The maximum absolute atomic E-state index is 12.1. The van der Waals surface area contributed by atoms with Gasteiger partial charge in [-0.05, 0) is 32.4 Å². The molecule has 20 heavy (non-hydrogen) atoms. The van der Waals surface area contributed by atoms with Gasteiger partial charge < -0.3 is 20.1 Å². The summed E-state index contributed by atoms with van der Waals surface area (Å²) in [5, 5.41) is 11.5. The highest BCUT2D eigenvalue weighted by atomic mass is 16.5. The molecule has 0 bridgehead atoms. The number of carboxylic acid groups (broad SMARTS) is 1. The summed E-state index contributed by atoms with van der Waals surface area (Å²) in [4.78, 5) is 27.2. The number of carbonyl (C=O) groups is 2. The Morgan fingerprint density at radius 3 is 2.65 bits per heavy atom. The molecule has 0 radical (unpaired) electrons. The van der Waals surface area contributed by atoms with Crippen molar-refractivity contribution in [1.29, 1.82) is 0 Å². The number of likely N-dealkylation sites (tertiary alicyclic amines) is 2. The standard InChI is InChI=1S/C13H23N3O4/c1-20-9-11(12(17)18)14-13(19)16-7-4-10(8-16)15-5-2-3-6-15/h10-11H,2-9H2,1H3,(H,14,19)(H,17,18). The van der Waals surface area contributed by atoms with Gasteiger partial charge in [0.25, 0.3) is 0 Å². The second kappa shape index (κ2) is 6.90. The average Bonchev–Trinajstić information content (AvgIpc) is 3.08. The maximum Gasteiger partial charge on any atom is 0.328 e. The van der Waals surface area contributed by atoms with Crippen molar-refractivity contribution >= 4 is 12.0 Å². The largest absolute Gasteiger partial charge is 0.480 e. The number of urea groups is 1. The van der Waals surface area contributed by atoms with Crippen molar-refractivity contribution in [2.24, 2.45) is 0 Å². The molecule has 2 aliphatic heterocycles. The van der Waals surface area contributed by atoms with Crippen LogP contribution in [0.3, 0.4) is 0 Å². The molecule has 2 unspecified atom stereocenters. The number of ether oxygens (including phenoxy) is 1. The molecule has 0 aromatic heterocycles. The van der Waals surface area contributed by atoms with Gasteiger partial charge in [-0.3, -0.25) is 4.90 Å². The fourth-order valence-corrected chi connectivity index (χ4v) is 2.91. The molecule has 2 amide bonds. The topological polar surface area (TPSA) is 82.1 Å². The second-order valence-electron chi connectivity index (χ2n) is 5.43. The molecule has 114 valence electrons. The van der Waals surface area contributed by atoms with E-state index < -0.39 is 12.0 Å². The fourth-order valence-electron chi connectivity index (χ4n) is 2.91. The van der Waals surface area contributed by atoms with Crippen LogP contribution < -0.4 is 5.32 Å². The molecule has 0 aromatic carbocycles. The van der Waals surface area contributed by atoms with Crippen LogP contribution in [0, 0.1) is 0 Å². The molecule has 0 aromatic rings. The number of hydrogen-bond donors (Lipinski definition) is 2. The van der Waals surface area contributed by atoms with Gasteiger partial charge in [0.15, 0.2) is 6.04 Å². The van der Waals surface area contributed by atoms with Crippen molar-refractivity contribution in [1.82, 2.24) is 15.1 Å². The number of methoxy groups -OCH3 is 1. The van der Waals surface area contributed by atoms with Gasteiger partial charge in [0.05, 0.1) is 6.61 Å². The summed E-state index contributed by atoms with van der Waals surface area (Å²) in [7, 11) is 1.42. The molecule has 7 heteroatoms. The maximum atomic E-state index is 12.1. The van der Waals surface area contributed by atoms with E-state index >= 15 is 0 Å². The van der Waals surface area contributed by atoms with Crippen LogP contribution >= 0.6 is 0 Å². The first-order valence-electron chi connectivity index (χ1n) is 7.13. The fraction of sp³-hybridized carbons (Fsp3) is 0.846. The molecule has 7 nitrogen and oxygen atoms in total. The first-order valence-corrected chi connectivity index (χ1v) is 7.13. The molecule has 2 aliphatic rings. The highest BCUT2D eigenvalue weighted by molar-refractivity contribution is 5.82. The quantitative estimate of drug-likeness (QED) is 0.741. The molecule has 0 aliphatic carbocycles. The summed E-state index contributed by atoms with van der Waals surface area (Å²) in [6, 6.07) is -0.872. The van der Waals surface area contributed by atoms with Crippen LogP contribution in [0.1, 0.15) is 19.3 Å². The van der Waals surface area contributed by atoms with E-state index in [4.69, 9.17) is 9.84 Å². The van der Waals surface area contributed by atoms with Crippen LogP contribution in [0.4, 0.5) is 4.79 Å². The monoisotopic (exact) mass is 285 g/mol. The Kier molecular flexibility index (Phi) is 5.19. The second-order valence-corrected chi connectivity index (χ2v) is 5.43. The zero-order valence-corrected chi connectivity index (χ0v) is 11.9.